The minimum absolute atomic E-state index is 0.779. The van der Waals surface area contributed by atoms with Crippen LogP contribution in [0.2, 0.25) is 0 Å². The van der Waals surface area contributed by atoms with Crippen molar-refractivity contribution in [2.24, 2.45) is 11.8 Å². The van der Waals surface area contributed by atoms with Crippen LogP contribution in [0, 0.1) is 11.8 Å². The maximum absolute atomic E-state index is 3.28. The Hall–Kier alpha value is -0.300. The van der Waals surface area contributed by atoms with Gasteiger partial charge in [0.1, 0.15) is 0 Å². The molecule has 0 spiro atoms. The molecule has 1 saturated heterocycles. The molecule has 0 radical (unpaired) electrons. The summed E-state index contributed by atoms with van der Waals surface area (Å²) < 4.78 is 0. The van der Waals surface area contributed by atoms with Crippen LogP contribution in [0.1, 0.15) is 20.3 Å². The van der Waals surface area contributed by atoms with Crippen LogP contribution in [-0.4, -0.2) is 13.1 Å². The Bertz CT molecular complexity index is 114. The molecule has 0 unspecified atom stereocenters. The van der Waals surface area contributed by atoms with E-state index in [0.717, 1.165) is 11.8 Å². The Morgan fingerprint density at radius 1 is 1.60 bits per heavy atom. The summed E-state index contributed by atoms with van der Waals surface area (Å²) in [6, 6.07) is 0. The average molecular weight is 139 g/mol. The smallest absolute Gasteiger partial charge is 0.000270 e. The molecule has 58 valence electrons. The van der Waals surface area contributed by atoms with E-state index in [2.05, 4.69) is 31.3 Å². The zero-order chi connectivity index (χ0) is 7.40. The van der Waals surface area contributed by atoms with Crippen molar-refractivity contribution in [3.05, 3.63) is 12.2 Å². The van der Waals surface area contributed by atoms with Crippen molar-refractivity contribution in [2.75, 3.05) is 13.1 Å². The molecule has 0 saturated carbocycles. The fourth-order valence-corrected chi connectivity index (χ4v) is 1.19. The van der Waals surface area contributed by atoms with E-state index in [4.69, 9.17) is 0 Å². The molecule has 1 fully saturated rings. The van der Waals surface area contributed by atoms with E-state index < -0.39 is 0 Å². The average Bonchev–Trinajstić information content (AvgIpc) is 1.79. The third kappa shape index (κ3) is 1.84. The highest BCUT2D eigenvalue weighted by Crippen LogP contribution is 2.16. The quantitative estimate of drug-likeness (QED) is 0.588. The molecule has 1 nitrogen and oxygen atoms in total. The Balaban J connectivity index is 2.19. The topological polar surface area (TPSA) is 12.0 Å². The molecule has 10 heavy (non-hydrogen) atoms. The van der Waals surface area contributed by atoms with Crippen LogP contribution in [0.5, 0.6) is 0 Å². The molecule has 0 aromatic heterocycles. The lowest BCUT2D eigenvalue weighted by Gasteiger charge is -2.30. The van der Waals surface area contributed by atoms with Crippen LogP contribution >= 0.6 is 0 Å². The van der Waals surface area contributed by atoms with Crippen LogP contribution in [0.4, 0.5) is 0 Å². The predicted octanol–water partition coefficient (Wildman–Crippen LogP) is 1.81. The van der Waals surface area contributed by atoms with E-state index in [9.17, 15) is 0 Å². The summed E-state index contributed by atoms with van der Waals surface area (Å²) in [5.41, 5.74) is 0. The second-order valence-corrected chi connectivity index (χ2v) is 3.11. The van der Waals surface area contributed by atoms with Crippen molar-refractivity contribution in [3.8, 4) is 0 Å². The Kier molecular flexibility index (Phi) is 2.94. The van der Waals surface area contributed by atoms with Crippen molar-refractivity contribution in [1.82, 2.24) is 5.32 Å². The number of hydrogen-bond donors (Lipinski definition) is 1. The van der Waals surface area contributed by atoms with Gasteiger partial charge in [-0.25, -0.2) is 0 Å². The molecule has 0 bridgehead atoms. The molecule has 0 aromatic carbocycles. The number of nitrogens with one attached hydrogen (secondary N) is 1. The molecule has 1 atom stereocenters. The lowest BCUT2D eigenvalue weighted by molar-refractivity contribution is 0.285. The summed E-state index contributed by atoms with van der Waals surface area (Å²) in [6.45, 7) is 6.92. The largest absolute Gasteiger partial charge is 0.316 e. The van der Waals surface area contributed by atoms with Gasteiger partial charge in [-0.1, -0.05) is 26.0 Å². The molecule has 1 N–H and O–H groups in total. The summed E-state index contributed by atoms with van der Waals surface area (Å²) in [4.78, 5) is 0. The van der Waals surface area contributed by atoms with E-state index in [0.29, 0.717) is 0 Å². The lowest BCUT2D eigenvalue weighted by Crippen LogP contribution is -2.44. The monoisotopic (exact) mass is 139 g/mol. The molecule has 1 aliphatic rings. The van der Waals surface area contributed by atoms with Crippen LogP contribution in [0.15, 0.2) is 12.2 Å². The van der Waals surface area contributed by atoms with Gasteiger partial charge in [0.15, 0.2) is 0 Å². The minimum atomic E-state index is 0.779. The van der Waals surface area contributed by atoms with Gasteiger partial charge in [0.2, 0.25) is 0 Å². The van der Waals surface area contributed by atoms with Crippen molar-refractivity contribution in [1.29, 1.82) is 0 Å². The Morgan fingerprint density at radius 2 is 2.30 bits per heavy atom. The summed E-state index contributed by atoms with van der Waals surface area (Å²) in [5.74, 6) is 1.68. The molecule has 1 aliphatic heterocycles. The predicted molar refractivity (Wildman–Crippen MR) is 45.0 cm³/mol. The molecule has 0 aliphatic carbocycles. The SMILES string of the molecule is CC/C=C/[C@H](C)C1CNC1. The second-order valence-electron chi connectivity index (χ2n) is 3.11. The molecular formula is C9H17N. The first-order chi connectivity index (χ1) is 4.84. The van der Waals surface area contributed by atoms with E-state index in [-0.39, 0.29) is 0 Å². The molecule has 1 heteroatoms. The molecular weight excluding hydrogens is 122 g/mol. The zero-order valence-electron chi connectivity index (χ0n) is 6.93. The standard InChI is InChI=1S/C9H17N/c1-3-4-5-8(2)9-6-10-7-9/h4-5,8-10H,3,6-7H2,1-2H3/b5-4+/t8-/m0/s1. The van der Waals surface area contributed by atoms with Gasteiger partial charge < -0.3 is 5.32 Å². The van der Waals surface area contributed by atoms with Crippen molar-refractivity contribution < 1.29 is 0 Å². The Morgan fingerprint density at radius 3 is 2.70 bits per heavy atom. The molecule has 0 aromatic rings. The fourth-order valence-electron chi connectivity index (χ4n) is 1.19. The van der Waals surface area contributed by atoms with Crippen LogP contribution in [0.3, 0.4) is 0 Å². The number of hydrogen-bond acceptors (Lipinski definition) is 1. The normalized spacial score (nSPS) is 23.0. The highest BCUT2D eigenvalue weighted by atomic mass is 14.9. The van der Waals surface area contributed by atoms with Gasteiger partial charge in [-0.2, -0.15) is 0 Å². The van der Waals surface area contributed by atoms with Gasteiger partial charge in [0.05, 0.1) is 0 Å². The first kappa shape index (κ1) is 7.80. The maximum atomic E-state index is 3.28. The first-order valence-corrected chi connectivity index (χ1v) is 4.22. The van der Waals surface area contributed by atoms with Gasteiger partial charge in [-0.05, 0) is 31.3 Å². The summed E-state index contributed by atoms with van der Waals surface area (Å²) in [5, 5.41) is 3.28. The van der Waals surface area contributed by atoms with Gasteiger partial charge in [0, 0.05) is 0 Å². The summed E-state index contributed by atoms with van der Waals surface area (Å²) >= 11 is 0. The number of allylic oxidation sites excluding steroid dienone is 2. The van der Waals surface area contributed by atoms with Gasteiger partial charge in [-0.3, -0.25) is 0 Å². The van der Waals surface area contributed by atoms with E-state index >= 15 is 0 Å². The zero-order valence-corrected chi connectivity index (χ0v) is 6.93. The highest BCUT2D eigenvalue weighted by molar-refractivity contribution is 4.93. The molecule has 1 rings (SSSR count). The number of rotatable bonds is 3. The van der Waals surface area contributed by atoms with Crippen molar-refractivity contribution in [2.45, 2.75) is 20.3 Å². The van der Waals surface area contributed by atoms with E-state index in [1.165, 1.54) is 19.5 Å². The fraction of sp³-hybridized carbons (Fsp3) is 0.778. The molecule has 0 amide bonds. The van der Waals surface area contributed by atoms with Gasteiger partial charge >= 0.3 is 0 Å². The maximum Gasteiger partial charge on any atom is -0.000270 e. The van der Waals surface area contributed by atoms with Gasteiger partial charge in [-0.15, -0.1) is 0 Å². The van der Waals surface area contributed by atoms with E-state index in [1.807, 2.05) is 0 Å². The van der Waals surface area contributed by atoms with Crippen LogP contribution in [0.25, 0.3) is 0 Å². The highest BCUT2D eigenvalue weighted by Gasteiger charge is 2.20. The first-order valence-electron chi connectivity index (χ1n) is 4.22. The third-order valence-corrected chi connectivity index (χ3v) is 2.23. The Labute approximate surface area is 63.5 Å². The summed E-state index contributed by atoms with van der Waals surface area (Å²) in [7, 11) is 0. The molecule has 1 heterocycles. The van der Waals surface area contributed by atoms with Crippen molar-refractivity contribution in [3.63, 3.8) is 0 Å². The van der Waals surface area contributed by atoms with Gasteiger partial charge in [0.25, 0.3) is 0 Å². The lowest BCUT2D eigenvalue weighted by atomic mass is 9.89. The van der Waals surface area contributed by atoms with Crippen molar-refractivity contribution >= 4 is 0 Å². The summed E-state index contributed by atoms with van der Waals surface area (Å²) in [6.07, 6.45) is 5.78. The minimum Gasteiger partial charge on any atom is -0.316 e. The second kappa shape index (κ2) is 3.77. The third-order valence-electron chi connectivity index (χ3n) is 2.23. The van der Waals surface area contributed by atoms with Crippen LogP contribution < -0.4 is 5.32 Å². The van der Waals surface area contributed by atoms with Crippen LogP contribution in [-0.2, 0) is 0 Å². The van der Waals surface area contributed by atoms with E-state index in [1.54, 1.807) is 0 Å².